The molecule has 0 bridgehead atoms. The van der Waals surface area contributed by atoms with Gasteiger partial charge in [0, 0.05) is 28.4 Å². The molecule has 1 aromatic heterocycles. The second-order valence-electron chi connectivity index (χ2n) is 4.86. The summed E-state index contributed by atoms with van der Waals surface area (Å²) < 4.78 is 1.08. The molecule has 2 unspecified atom stereocenters. The quantitative estimate of drug-likeness (QED) is 0.889. The van der Waals surface area contributed by atoms with Crippen LogP contribution in [0.3, 0.4) is 0 Å². The zero-order valence-corrected chi connectivity index (χ0v) is 11.9. The molecule has 2 N–H and O–H groups in total. The van der Waals surface area contributed by atoms with Gasteiger partial charge in [-0.15, -0.1) is 0 Å². The number of H-pyrrole nitrogens is 1. The molecule has 1 aromatic carbocycles. The van der Waals surface area contributed by atoms with Gasteiger partial charge >= 0.3 is 0 Å². The average molecular weight is 316 g/mol. The van der Waals surface area contributed by atoms with Gasteiger partial charge in [0.05, 0.1) is 12.0 Å². The molecule has 0 spiro atoms. The number of nitriles is 1. The standard InChI is InChI=1S/C15H14BrN3/c16-12-3-1-11(2-4-12)13-5-6-14(19-13)15-7-10(8-17)9-18-15/h1-6,10,15,18-19H,7,9H2. The third-order valence-electron chi connectivity index (χ3n) is 3.55. The molecule has 3 rings (SSSR count). The summed E-state index contributed by atoms with van der Waals surface area (Å²) in [5, 5.41) is 12.3. The number of nitrogens with zero attached hydrogens (tertiary/aromatic N) is 1. The van der Waals surface area contributed by atoms with Crippen molar-refractivity contribution in [3.8, 4) is 17.3 Å². The highest BCUT2D eigenvalue weighted by Gasteiger charge is 2.25. The van der Waals surface area contributed by atoms with E-state index in [0.29, 0.717) is 0 Å². The van der Waals surface area contributed by atoms with Crippen LogP contribution in [0.15, 0.2) is 40.9 Å². The lowest BCUT2D eigenvalue weighted by molar-refractivity contribution is 0.624. The van der Waals surface area contributed by atoms with E-state index in [4.69, 9.17) is 5.26 Å². The van der Waals surface area contributed by atoms with E-state index in [1.165, 1.54) is 5.56 Å². The fourth-order valence-electron chi connectivity index (χ4n) is 2.48. The highest BCUT2D eigenvalue weighted by Crippen LogP contribution is 2.29. The second-order valence-corrected chi connectivity index (χ2v) is 5.77. The zero-order chi connectivity index (χ0) is 13.2. The summed E-state index contributed by atoms with van der Waals surface area (Å²) in [4.78, 5) is 3.45. The lowest BCUT2D eigenvalue weighted by Crippen LogP contribution is -2.13. The number of aromatic amines is 1. The monoisotopic (exact) mass is 315 g/mol. The van der Waals surface area contributed by atoms with Gasteiger partial charge in [-0.1, -0.05) is 28.1 Å². The second kappa shape index (κ2) is 5.20. The summed E-state index contributed by atoms with van der Waals surface area (Å²) in [6.45, 7) is 0.786. The Labute approximate surface area is 120 Å². The van der Waals surface area contributed by atoms with Gasteiger partial charge in [0.2, 0.25) is 0 Å². The van der Waals surface area contributed by atoms with Crippen molar-refractivity contribution in [3.63, 3.8) is 0 Å². The van der Waals surface area contributed by atoms with Crippen LogP contribution in [0.2, 0.25) is 0 Å². The topological polar surface area (TPSA) is 51.6 Å². The average Bonchev–Trinajstić information content (AvgIpc) is 3.08. The normalized spacial score (nSPS) is 22.3. The van der Waals surface area contributed by atoms with Crippen LogP contribution in [-0.2, 0) is 0 Å². The summed E-state index contributed by atoms with van der Waals surface area (Å²) in [5.74, 6) is 0.129. The SMILES string of the molecule is N#CC1CNC(c2ccc(-c3ccc(Br)cc3)[nH]2)C1. The van der Waals surface area contributed by atoms with Gasteiger partial charge in [0.1, 0.15) is 0 Å². The predicted octanol–water partition coefficient (Wildman–Crippen LogP) is 3.62. The van der Waals surface area contributed by atoms with E-state index in [1.54, 1.807) is 0 Å². The van der Waals surface area contributed by atoms with E-state index >= 15 is 0 Å². The Morgan fingerprint density at radius 2 is 1.95 bits per heavy atom. The molecular weight excluding hydrogens is 302 g/mol. The molecule has 0 radical (unpaired) electrons. The number of hydrogen-bond acceptors (Lipinski definition) is 2. The van der Waals surface area contributed by atoms with Crippen molar-refractivity contribution in [2.45, 2.75) is 12.5 Å². The maximum absolute atomic E-state index is 8.94. The van der Waals surface area contributed by atoms with Crippen LogP contribution in [0.25, 0.3) is 11.3 Å². The first-order valence-corrected chi connectivity index (χ1v) is 7.13. The molecule has 0 aliphatic carbocycles. The number of nitrogens with one attached hydrogen (secondary N) is 2. The number of halogens is 1. The summed E-state index contributed by atoms with van der Waals surface area (Å²) in [6.07, 6.45) is 0.886. The van der Waals surface area contributed by atoms with Gasteiger partial charge in [0.25, 0.3) is 0 Å². The fraction of sp³-hybridized carbons (Fsp3) is 0.267. The van der Waals surface area contributed by atoms with E-state index in [9.17, 15) is 0 Å². The van der Waals surface area contributed by atoms with Crippen molar-refractivity contribution < 1.29 is 0 Å². The zero-order valence-electron chi connectivity index (χ0n) is 10.4. The molecule has 1 aliphatic rings. The Bertz CT molecular complexity index is 609. The molecule has 96 valence electrons. The first kappa shape index (κ1) is 12.5. The Morgan fingerprint density at radius 3 is 2.63 bits per heavy atom. The van der Waals surface area contributed by atoms with Gasteiger partial charge in [-0.2, -0.15) is 5.26 Å². The number of hydrogen-bond donors (Lipinski definition) is 2. The lowest BCUT2D eigenvalue weighted by atomic mass is 10.1. The number of aromatic nitrogens is 1. The Kier molecular flexibility index (Phi) is 3.41. The Hall–Kier alpha value is -1.57. The van der Waals surface area contributed by atoms with E-state index in [0.717, 1.165) is 28.8 Å². The van der Waals surface area contributed by atoms with Crippen LogP contribution in [-0.4, -0.2) is 11.5 Å². The molecular formula is C15H14BrN3. The van der Waals surface area contributed by atoms with E-state index in [1.807, 2.05) is 12.1 Å². The molecule has 2 heterocycles. The van der Waals surface area contributed by atoms with Crippen LogP contribution >= 0.6 is 15.9 Å². The van der Waals surface area contributed by atoms with Gasteiger partial charge in [0.15, 0.2) is 0 Å². The molecule has 1 saturated heterocycles. The van der Waals surface area contributed by atoms with Crippen molar-refractivity contribution in [2.24, 2.45) is 5.92 Å². The maximum Gasteiger partial charge on any atom is 0.0669 e. The molecule has 1 aliphatic heterocycles. The maximum atomic E-state index is 8.94. The van der Waals surface area contributed by atoms with Crippen molar-refractivity contribution >= 4 is 15.9 Å². The highest BCUT2D eigenvalue weighted by molar-refractivity contribution is 9.10. The van der Waals surface area contributed by atoms with Crippen LogP contribution < -0.4 is 5.32 Å². The molecule has 3 nitrogen and oxygen atoms in total. The molecule has 2 atom stereocenters. The van der Waals surface area contributed by atoms with Crippen molar-refractivity contribution in [2.75, 3.05) is 6.54 Å². The smallest absolute Gasteiger partial charge is 0.0669 e. The summed E-state index contributed by atoms with van der Waals surface area (Å²) in [7, 11) is 0. The highest BCUT2D eigenvalue weighted by atomic mass is 79.9. The first-order chi connectivity index (χ1) is 9.26. The fourth-order valence-corrected chi connectivity index (χ4v) is 2.75. The van der Waals surface area contributed by atoms with Crippen LogP contribution in [0.5, 0.6) is 0 Å². The Balaban J connectivity index is 1.80. The van der Waals surface area contributed by atoms with Crippen molar-refractivity contribution in [1.29, 1.82) is 5.26 Å². The number of rotatable bonds is 2. The van der Waals surface area contributed by atoms with Crippen LogP contribution in [0, 0.1) is 17.2 Å². The minimum atomic E-state index is 0.129. The molecule has 4 heteroatoms. The van der Waals surface area contributed by atoms with Crippen LogP contribution in [0.1, 0.15) is 18.2 Å². The summed E-state index contributed by atoms with van der Waals surface area (Å²) in [6, 6.07) is 15.0. The largest absolute Gasteiger partial charge is 0.357 e. The predicted molar refractivity (Wildman–Crippen MR) is 78.4 cm³/mol. The minimum absolute atomic E-state index is 0.129. The molecule has 0 amide bonds. The molecule has 2 aromatic rings. The van der Waals surface area contributed by atoms with Gasteiger partial charge < -0.3 is 10.3 Å². The number of benzene rings is 1. The molecule has 1 fully saturated rings. The van der Waals surface area contributed by atoms with Gasteiger partial charge in [-0.05, 0) is 36.2 Å². The molecule has 19 heavy (non-hydrogen) atoms. The van der Waals surface area contributed by atoms with Gasteiger partial charge in [-0.3, -0.25) is 0 Å². The summed E-state index contributed by atoms with van der Waals surface area (Å²) >= 11 is 3.44. The van der Waals surface area contributed by atoms with Crippen molar-refractivity contribution in [3.05, 3.63) is 46.6 Å². The lowest BCUT2D eigenvalue weighted by Gasteiger charge is -2.07. The van der Waals surface area contributed by atoms with E-state index < -0.39 is 0 Å². The third kappa shape index (κ3) is 2.58. The van der Waals surface area contributed by atoms with Crippen molar-refractivity contribution in [1.82, 2.24) is 10.3 Å². The molecule has 0 saturated carbocycles. The minimum Gasteiger partial charge on any atom is -0.357 e. The van der Waals surface area contributed by atoms with Gasteiger partial charge in [-0.25, -0.2) is 0 Å². The first-order valence-electron chi connectivity index (χ1n) is 6.34. The Morgan fingerprint density at radius 1 is 1.16 bits per heavy atom. The summed E-state index contributed by atoms with van der Waals surface area (Å²) in [5.41, 5.74) is 3.45. The van der Waals surface area contributed by atoms with Crippen LogP contribution in [0.4, 0.5) is 0 Å². The third-order valence-corrected chi connectivity index (χ3v) is 4.08. The van der Waals surface area contributed by atoms with E-state index in [2.05, 4.69) is 56.6 Å². The van der Waals surface area contributed by atoms with E-state index in [-0.39, 0.29) is 12.0 Å².